The fraction of sp³-hybridized carbons (Fsp3) is 0.520. The van der Waals surface area contributed by atoms with Gasteiger partial charge in [0.15, 0.2) is 5.69 Å². The highest BCUT2D eigenvalue weighted by Crippen LogP contribution is 2.29. The van der Waals surface area contributed by atoms with Crippen LogP contribution in [0.4, 0.5) is 0 Å². The first-order valence-electron chi connectivity index (χ1n) is 12.1. The van der Waals surface area contributed by atoms with Crippen LogP contribution in [0.25, 0.3) is 0 Å². The van der Waals surface area contributed by atoms with Crippen molar-refractivity contribution in [2.75, 3.05) is 6.54 Å². The van der Waals surface area contributed by atoms with Gasteiger partial charge in [-0.1, -0.05) is 56.0 Å². The zero-order chi connectivity index (χ0) is 24.3. The van der Waals surface area contributed by atoms with E-state index in [4.69, 9.17) is 11.6 Å². The SMILES string of the molecule is CCCCN1C(=O)c2cc(C(=O)NCc3ccccc3Cl)nn2CC1(C)C(=O)NC1CCCC1. The normalized spacial score (nSPS) is 20.3. The van der Waals surface area contributed by atoms with Gasteiger partial charge in [0.05, 0.1) is 6.54 Å². The Kier molecular flexibility index (Phi) is 7.26. The number of hydrogen-bond acceptors (Lipinski definition) is 4. The minimum atomic E-state index is -1.07. The molecule has 0 spiro atoms. The minimum Gasteiger partial charge on any atom is -0.351 e. The first-order chi connectivity index (χ1) is 16.3. The number of benzene rings is 1. The predicted octanol–water partition coefficient (Wildman–Crippen LogP) is 3.54. The van der Waals surface area contributed by atoms with Gasteiger partial charge in [0, 0.05) is 30.2 Å². The molecule has 0 radical (unpaired) electrons. The first kappa shape index (κ1) is 24.3. The molecule has 1 atom stereocenters. The number of aromatic nitrogens is 2. The number of halogens is 1. The Labute approximate surface area is 205 Å². The van der Waals surface area contributed by atoms with Crippen LogP contribution in [0.1, 0.15) is 78.9 Å². The second kappa shape index (κ2) is 10.2. The molecule has 4 rings (SSSR count). The number of amides is 3. The highest BCUT2D eigenvalue weighted by Gasteiger charge is 2.48. The molecular formula is C25H32ClN5O3. The van der Waals surface area contributed by atoms with E-state index in [1.165, 1.54) is 10.7 Å². The molecule has 2 aliphatic rings. The van der Waals surface area contributed by atoms with Crippen molar-refractivity contribution in [3.8, 4) is 0 Å². The van der Waals surface area contributed by atoms with Crippen LogP contribution in [0, 0.1) is 0 Å². The molecule has 1 aliphatic heterocycles. The Hall–Kier alpha value is -2.87. The average Bonchev–Trinajstić information content (AvgIpc) is 3.48. The number of unbranched alkanes of at least 4 members (excludes halogenated alkanes) is 1. The molecule has 1 aromatic heterocycles. The Morgan fingerprint density at radius 2 is 1.97 bits per heavy atom. The Balaban J connectivity index is 1.55. The summed E-state index contributed by atoms with van der Waals surface area (Å²) >= 11 is 6.18. The topological polar surface area (TPSA) is 96.3 Å². The van der Waals surface area contributed by atoms with E-state index in [-0.39, 0.29) is 36.6 Å². The van der Waals surface area contributed by atoms with E-state index in [9.17, 15) is 14.4 Å². The summed E-state index contributed by atoms with van der Waals surface area (Å²) < 4.78 is 1.50. The largest absolute Gasteiger partial charge is 0.351 e. The molecule has 8 nitrogen and oxygen atoms in total. The lowest BCUT2D eigenvalue weighted by Gasteiger charge is -2.43. The molecule has 2 aromatic rings. The molecule has 2 N–H and O–H groups in total. The van der Waals surface area contributed by atoms with Crippen molar-refractivity contribution in [3.63, 3.8) is 0 Å². The molecule has 0 saturated heterocycles. The van der Waals surface area contributed by atoms with Crippen molar-refractivity contribution in [2.24, 2.45) is 0 Å². The van der Waals surface area contributed by atoms with E-state index in [1.54, 1.807) is 17.9 Å². The summed E-state index contributed by atoms with van der Waals surface area (Å²) in [5, 5.41) is 10.9. The van der Waals surface area contributed by atoms with E-state index < -0.39 is 11.4 Å². The van der Waals surface area contributed by atoms with Gasteiger partial charge in [-0.05, 0) is 37.8 Å². The smallest absolute Gasteiger partial charge is 0.273 e. The number of rotatable bonds is 8. The molecule has 1 fully saturated rings. The molecule has 3 amide bonds. The summed E-state index contributed by atoms with van der Waals surface area (Å²) in [4.78, 5) is 41.3. The quantitative estimate of drug-likeness (QED) is 0.597. The minimum absolute atomic E-state index is 0.145. The standard InChI is InChI=1S/C25H32ClN5O3/c1-3-4-13-30-23(33)21-14-20(22(32)27-15-17-9-5-8-12-19(17)26)29-31(21)16-25(30,2)24(34)28-18-10-6-7-11-18/h5,8-9,12,14,18H,3-4,6-7,10-11,13,15-16H2,1-2H3,(H,27,32)(H,28,34). The molecule has 2 heterocycles. The van der Waals surface area contributed by atoms with Crippen molar-refractivity contribution in [1.82, 2.24) is 25.3 Å². The van der Waals surface area contributed by atoms with Gasteiger partial charge in [0.1, 0.15) is 11.2 Å². The van der Waals surface area contributed by atoms with Crippen molar-refractivity contribution >= 4 is 29.3 Å². The van der Waals surface area contributed by atoms with Crippen LogP contribution in [-0.2, 0) is 17.9 Å². The van der Waals surface area contributed by atoms with Gasteiger partial charge in [-0.2, -0.15) is 5.10 Å². The molecule has 1 aromatic carbocycles. The molecule has 34 heavy (non-hydrogen) atoms. The van der Waals surface area contributed by atoms with Crippen LogP contribution in [-0.4, -0.2) is 50.5 Å². The van der Waals surface area contributed by atoms with Crippen molar-refractivity contribution in [3.05, 3.63) is 52.3 Å². The average molecular weight is 486 g/mol. The lowest BCUT2D eigenvalue weighted by molar-refractivity contribution is -0.133. The Bertz CT molecular complexity index is 1080. The fourth-order valence-corrected chi connectivity index (χ4v) is 4.94. The molecule has 1 unspecified atom stereocenters. The van der Waals surface area contributed by atoms with E-state index in [1.807, 2.05) is 18.2 Å². The van der Waals surface area contributed by atoms with Crippen LogP contribution >= 0.6 is 11.6 Å². The maximum atomic E-state index is 13.5. The number of carbonyl (C=O) groups excluding carboxylic acids is 3. The lowest BCUT2D eigenvalue weighted by Crippen LogP contribution is -2.65. The summed E-state index contributed by atoms with van der Waals surface area (Å²) in [6.45, 7) is 4.78. The molecule has 1 saturated carbocycles. The molecule has 182 valence electrons. The van der Waals surface area contributed by atoms with E-state index in [0.717, 1.165) is 44.1 Å². The number of nitrogens with zero attached hydrogens (tertiary/aromatic N) is 3. The maximum Gasteiger partial charge on any atom is 0.273 e. The second-order valence-corrected chi connectivity index (χ2v) is 9.79. The van der Waals surface area contributed by atoms with Crippen molar-refractivity contribution < 1.29 is 14.4 Å². The van der Waals surface area contributed by atoms with Gasteiger partial charge in [0.25, 0.3) is 11.8 Å². The zero-order valence-corrected chi connectivity index (χ0v) is 20.5. The number of carbonyl (C=O) groups is 3. The third-order valence-corrected chi connectivity index (χ3v) is 7.21. The molecule has 9 heteroatoms. The third-order valence-electron chi connectivity index (χ3n) is 6.84. The van der Waals surface area contributed by atoms with Crippen LogP contribution in [0.5, 0.6) is 0 Å². The highest BCUT2D eigenvalue weighted by atomic mass is 35.5. The number of fused-ring (bicyclic) bond motifs is 1. The predicted molar refractivity (Wildman–Crippen MR) is 130 cm³/mol. The maximum absolute atomic E-state index is 13.5. The van der Waals surface area contributed by atoms with Gasteiger partial charge in [0.2, 0.25) is 5.91 Å². The first-order valence-corrected chi connectivity index (χ1v) is 12.4. The van der Waals surface area contributed by atoms with Crippen molar-refractivity contribution in [1.29, 1.82) is 0 Å². The summed E-state index contributed by atoms with van der Waals surface area (Å²) in [5.74, 6) is -0.831. The van der Waals surface area contributed by atoms with Crippen LogP contribution < -0.4 is 10.6 Å². The van der Waals surface area contributed by atoms with E-state index >= 15 is 0 Å². The van der Waals surface area contributed by atoms with Gasteiger partial charge >= 0.3 is 0 Å². The summed E-state index contributed by atoms with van der Waals surface area (Å²) in [6, 6.07) is 8.94. The Morgan fingerprint density at radius 3 is 2.68 bits per heavy atom. The zero-order valence-electron chi connectivity index (χ0n) is 19.8. The molecular weight excluding hydrogens is 454 g/mol. The number of nitrogens with one attached hydrogen (secondary N) is 2. The van der Waals surface area contributed by atoms with E-state index in [0.29, 0.717) is 17.3 Å². The summed E-state index contributed by atoms with van der Waals surface area (Å²) in [7, 11) is 0. The van der Waals surface area contributed by atoms with Gasteiger partial charge in [-0.25, -0.2) is 0 Å². The number of hydrogen-bond donors (Lipinski definition) is 2. The van der Waals surface area contributed by atoms with E-state index in [2.05, 4.69) is 22.7 Å². The second-order valence-electron chi connectivity index (χ2n) is 9.39. The van der Waals surface area contributed by atoms with Gasteiger partial charge in [-0.15, -0.1) is 0 Å². The highest BCUT2D eigenvalue weighted by molar-refractivity contribution is 6.31. The molecule has 0 bridgehead atoms. The van der Waals surface area contributed by atoms with Crippen LogP contribution in [0.2, 0.25) is 5.02 Å². The van der Waals surface area contributed by atoms with Crippen LogP contribution in [0.3, 0.4) is 0 Å². The van der Waals surface area contributed by atoms with Crippen LogP contribution in [0.15, 0.2) is 30.3 Å². The monoisotopic (exact) mass is 485 g/mol. The third kappa shape index (κ3) is 4.82. The van der Waals surface area contributed by atoms with Gasteiger partial charge < -0.3 is 15.5 Å². The summed E-state index contributed by atoms with van der Waals surface area (Å²) in [5.41, 5.74) is 0.190. The fourth-order valence-electron chi connectivity index (χ4n) is 4.74. The summed E-state index contributed by atoms with van der Waals surface area (Å²) in [6.07, 6.45) is 5.84. The molecule has 1 aliphatic carbocycles. The van der Waals surface area contributed by atoms with Gasteiger partial charge in [-0.3, -0.25) is 19.1 Å². The lowest BCUT2D eigenvalue weighted by atomic mass is 9.94. The Morgan fingerprint density at radius 1 is 1.24 bits per heavy atom. The van der Waals surface area contributed by atoms with Crippen molar-refractivity contribution in [2.45, 2.75) is 77.0 Å².